The molecule has 10 aromatic carbocycles. The standard InChI is InChI=1S/C62H37NOS2/c1-4-21-44-39(17-1)40-36-35-38(37-51(40)62(44)48-25-8-13-33-57(48)66-58-34-14-9-26-49(58)62)63(53-29-15-20-42-41-18-3-10-30-54(41)64-60(42)53)52-28-16-27-50-59(52)43-19-2-5-22-45(43)61(50)46-23-6-11-31-55(46)65-56-32-12-7-24-47(56)61/h1-37H. The third-order valence-corrected chi connectivity index (χ3v) is 17.1. The third-order valence-electron chi connectivity index (χ3n) is 14.8. The van der Waals surface area contributed by atoms with E-state index in [4.69, 9.17) is 4.42 Å². The molecular weight excluding hydrogens is 839 g/mol. The van der Waals surface area contributed by atoms with Crippen LogP contribution >= 0.6 is 23.5 Å². The van der Waals surface area contributed by atoms with Crippen molar-refractivity contribution in [2.24, 2.45) is 0 Å². The van der Waals surface area contributed by atoms with E-state index in [1.54, 1.807) is 0 Å². The summed E-state index contributed by atoms with van der Waals surface area (Å²) in [6, 6.07) is 83.9. The van der Waals surface area contributed by atoms with Gasteiger partial charge in [0.15, 0.2) is 5.58 Å². The minimum atomic E-state index is -0.528. The molecule has 11 aromatic rings. The number of fused-ring (bicyclic) bond motifs is 21. The highest BCUT2D eigenvalue weighted by atomic mass is 32.2. The smallest absolute Gasteiger partial charge is 0.159 e. The van der Waals surface area contributed by atoms with Crippen LogP contribution < -0.4 is 4.90 Å². The lowest BCUT2D eigenvalue weighted by Gasteiger charge is -2.40. The highest BCUT2D eigenvalue weighted by Crippen LogP contribution is 2.66. The van der Waals surface area contributed by atoms with Crippen molar-refractivity contribution < 1.29 is 4.42 Å². The summed E-state index contributed by atoms with van der Waals surface area (Å²) in [6.07, 6.45) is 0. The van der Waals surface area contributed by atoms with Crippen LogP contribution in [0.4, 0.5) is 17.1 Å². The Bertz CT molecular complexity index is 3790. The Morgan fingerprint density at radius 3 is 1.44 bits per heavy atom. The highest BCUT2D eigenvalue weighted by Gasteiger charge is 2.53. The van der Waals surface area contributed by atoms with Gasteiger partial charge < -0.3 is 9.32 Å². The van der Waals surface area contributed by atoms with E-state index in [1.807, 2.05) is 23.5 Å². The molecule has 2 spiro atoms. The first kappa shape index (κ1) is 36.8. The first-order valence-corrected chi connectivity index (χ1v) is 24.3. The summed E-state index contributed by atoms with van der Waals surface area (Å²) in [6.45, 7) is 0. The molecule has 0 saturated carbocycles. The SMILES string of the molecule is c1ccc2c(c1)Sc1ccccc1C21c2ccccc2-c2ccc(N(c3cccc4c3-c3ccccc3C43c4ccccc4Sc4ccccc43)c3cccc4c3oc3ccccc34)cc21. The maximum absolute atomic E-state index is 7.00. The predicted molar refractivity (Wildman–Crippen MR) is 271 cm³/mol. The minimum absolute atomic E-state index is 0.520. The topological polar surface area (TPSA) is 16.4 Å². The molecule has 0 saturated heterocycles. The van der Waals surface area contributed by atoms with Gasteiger partial charge in [-0.15, -0.1) is 0 Å². The van der Waals surface area contributed by atoms with Gasteiger partial charge in [-0.1, -0.05) is 193 Å². The second-order valence-corrected chi connectivity index (χ2v) is 20.0. The van der Waals surface area contributed by atoms with Gasteiger partial charge in [0.1, 0.15) is 5.58 Å². The van der Waals surface area contributed by atoms with Gasteiger partial charge in [0.05, 0.1) is 22.2 Å². The van der Waals surface area contributed by atoms with Crippen molar-refractivity contribution in [3.8, 4) is 22.3 Å². The van der Waals surface area contributed by atoms with Gasteiger partial charge in [0, 0.05) is 41.6 Å². The number of rotatable bonds is 3. The van der Waals surface area contributed by atoms with Crippen molar-refractivity contribution >= 4 is 62.5 Å². The van der Waals surface area contributed by atoms with Crippen molar-refractivity contribution in [1.29, 1.82) is 0 Å². The van der Waals surface area contributed by atoms with Crippen LogP contribution in [0.25, 0.3) is 44.2 Å². The normalized spacial score (nSPS) is 14.8. The first-order chi connectivity index (χ1) is 32.7. The molecule has 1 aromatic heterocycles. The van der Waals surface area contributed by atoms with Crippen LogP contribution in [0, 0.1) is 0 Å². The average Bonchev–Trinajstić information content (AvgIpc) is 4.00. The van der Waals surface area contributed by atoms with Gasteiger partial charge >= 0.3 is 0 Å². The van der Waals surface area contributed by atoms with E-state index >= 15 is 0 Å². The zero-order chi connectivity index (χ0) is 43.1. The molecule has 3 heterocycles. The molecular formula is C62H37NOS2. The van der Waals surface area contributed by atoms with Crippen LogP contribution in [-0.4, -0.2) is 0 Å². The van der Waals surface area contributed by atoms with E-state index in [0.717, 1.165) is 39.0 Å². The maximum atomic E-state index is 7.00. The lowest BCUT2D eigenvalue weighted by Crippen LogP contribution is -2.32. The number of nitrogens with zero attached hydrogens (tertiary/aromatic N) is 1. The zero-order valence-corrected chi connectivity index (χ0v) is 37.2. The fourth-order valence-corrected chi connectivity index (χ4v) is 14.8. The molecule has 4 aliphatic rings. The van der Waals surface area contributed by atoms with E-state index < -0.39 is 10.8 Å². The minimum Gasteiger partial charge on any atom is -0.454 e. The molecule has 0 fully saturated rings. The fraction of sp³-hybridized carbons (Fsp3) is 0.0323. The molecule has 4 heteroatoms. The molecule has 0 unspecified atom stereocenters. The summed E-state index contributed by atoms with van der Waals surface area (Å²) < 4.78 is 7.00. The van der Waals surface area contributed by atoms with E-state index in [2.05, 4.69) is 229 Å². The summed E-state index contributed by atoms with van der Waals surface area (Å²) in [7, 11) is 0. The second-order valence-electron chi connectivity index (χ2n) is 17.8. The van der Waals surface area contributed by atoms with Crippen LogP contribution in [-0.2, 0) is 10.8 Å². The number of benzene rings is 10. The van der Waals surface area contributed by atoms with Gasteiger partial charge in [-0.2, -0.15) is 0 Å². The monoisotopic (exact) mass is 875 g/mol. The number of para-hydroxylation sites is 2. The molecule has 2 aliphatic heterocycles. The van der Waals surface area contributed by atoms with Crippen LogP contribution in [0.5, 0.6) is 0 Å². The number of furan rings is 1. The predicted octanol–water partition coefficient (Wildman–Crippen LogP) is 16.7. The quantitative estimate of drug-likeness (QED) is 0.176. The van der Waals surface area contributed by atoms with E-state index in [-0.39, 0.29) is 0 Å². The Kier molecular flexibility index (Phi) is 7.54. The van der Waals surface area contributed by atoms with Gasteiger partial charge in [-0.25, -0.2) is 0 Å². The largest absolute Gasteiger partial charge is 0.454 e. The zero-order valence-electron chi connectivity index (χ0n) is 35.5. The first-order valence-electron chi connectivity index (χ1n) is 22.7. The molecule has 15 rings (SSSR count). The van der Waals surface area contributed by atoms with Gasteiger partial charge in [-0.05, 0) is 116 Å². The highest BCUT2D eigenvalue weighted by molar-refractivity contribution is 7.99. The van der Waals surface area contributed by atoms with Crippen molar-refractivity contribution in [2.45, 2.75) is 30.4 Å². The maximum Gasteiger partial charge on any atom is 0.159 e. The Morgan fingerprint density at radius 1 is 0.333 bits per heavy atom. The van der Waals surface area contributed by atoms with E-state index in [0.29, 0.717) is 0 Å². The molecule has 0 bridgehead atoms. The molecule has 308 valence electrons. The fourth-order valence-electron chi connectivity index (χ4n) is 12.4. The summed E-state index contributed by atoms with van der Waals surface area (Å²) in [5.41, 5.74) is 19.5. The van der Waals surface area contributed by atoms with Crippen molar-refractivity contribution in [3.05, 3.63) is 269 Å². The number of anilines is 3. The molecule has 0 atom stereocenters. The van der Waals surface area contributed by atoms with Gasteiger partial charge in [0.25, 0.3) is 0 Å². The summed E-state index contributed by atoms with van der Waals surface area (Å²) in [5.74, 6) is 0. The number of hydrogen-bond acceptors (Lipinski definition) is 4. The average molecular weight is 876 g/mol. The van der Waals surface area contributed by atoms with Crippen molar-refractivity contribution in [2.75, 3.05) is 4.90 Å². The molecule has 0 N–H and O–H groups in total. The van der Waals surface area contributed by atoms with Crippen LogP contribution in [0.3, 0.4) is 0 Å². The van der Waals surface area contributed by atoms with Gasteiger partial charge in [0.2, 0.25) is 0 Å². The second kappa shape index (κ2) is 13.5. The van der Waals surface area contributed by atoms with Crippen LogP contribution in [0.2, 0.25) is 0 Å². The molecule has 2 aliphatic carbocycles. The Labute approximate surface area is 391 Å². The molecule has 66 heavy (non-hydrogen) atoms. The van der Waals surface area contributed by atoms with Crippen molar-refractivity contribution in [3.63, 3.8) is 0 Å². The van der Waals surface area contributed by atoms with E-state index in [1.165, 1.54) is 86.3 Å². The number of hydrogen-bond donors (Lipinski definition) is 0. The van der Waals surface area contributed by atoms with E-state index in [9.17, 15) is 0 Å². The van der Waals surface area contributed by atoms with Gasteiger partial charge in [-0.3, -0.25) is 0 Å². The molecule has 0 radical (unpaired) electrons. The summed E-state index contributed by atoms with van der Waals surface area (Å²) in [5, 5.41) is 2.21. The lowest BCUT2D eigenvalue weighted by molar-refractivity contribution is 0.669. The molecule has 0 amide bonds. The van der Waals surface area contributed by atoms with Crippen molar-refractivity contribution in [1.82, 2.24) is 0 Å². The Hall–Kier alpha value is -7.50. The summed E-state index contributed by atoms with van der Waals surface area (Å²) >= 11 is 3.77. The lowest BCUT2D eigenvalue weighted by atomic mass is 9.67. The Balaban J connectivity index is 1.07. The Morgan fingerprint density at radius 2 is 0.788 bits per heavy atom. The van der Waals surface area contributed by atoms with Crippen LogP contribution in [0.1, 0.15) is 44.5 Å². The third kappa shape index (κ3) is 4.60. The summed E-state index contributed by atoms with van der Waals surface area (Å²) in [4.78, 5) is 7.69. The molecule has 2 nitrogen and oxygen atoms in total. The van der Waals surface area contributed by atoms with Crippen LogP contribution in [0.15, 0.2) is 248 Å².